The zero-order chi connectivity index (χ0) is 13.1. The summed E-state index contributed by atoms with van der Waals surface area (Å²) in [6, 6.07) is 6.17. The Morgan fingerprint density at radius 3 is 2.47 bits per heavy atom. The number of anilines is 1. The van der Waals surface area contributed by atoms with Crippen LogP contribution in [0.2, 0.25) is 0 Å². The van der Waals surface area contributed by atoms with E-state index in [2.05, 4.69) is 34.2 Å². The highest BCUT2D eigenvalue weighted by atomic mass is 32.1. The molecule has 19 heavy (non-hydrogen) atoms. The molecule has 0 aliphatic carbocycles. The van der Waals surface area contributed by atoms with E-state index >= 15 is 0 Å². The van der Waals surface area contributed by atoms with Crippen LogP contribution in [0.15, 0.2) is 40.0 Å². The number of aryl methyl sites for hydroxylation is 2. The molecule has 1 aromatic heterocycles. The molecule has 0 spiro atoms. The fourth-order valence-corrected chi connectivity index (χ4v) is 2.23. The summed E-state index contributed by atoms with van der Waals surface area (Å²) in [7, 11) is 6.02. The lowest BCUT2D eigenvalue weighted by molar-refractivity contribution is -0.654. The van der Waals surface area contributed by atoms with E-state index in [1.165, 1.54) is 5.69 Å². The molecule has 0 saturated heterocycles. The second-order valence-electron chi connectivity index (χ2n) is 4.36. The van der Waals surface area contributed by atoms with Gasteiger partial charge in [0.15, 0.2) is 0 Å². The molecule has 1 heterocycles. The second-order valence-corrected chi connectivity index (χ2v) is 5.23. The molecule has 2 aromatic rings. The number of rotatable bonds is 3. The standard InChI is InChI=1S/C13H17N4S.CH4/c1-10-9-11(16(2)3)5-6-12(10)14-15-13-17(4)7-8-18-13;/h5-9H,1-4H3;1H4/q+1;. The third kappa shape index (κ3) is 3.61. The molecule has 0 radical (unpaired) electrons. The first-order valence-corrected chi connectivity index (χ1v) is 6.59. The van der Waals surface area contributed by atoms with Gasteiger partial charge in [0, 0.05) is 25.2 Å². The molecule has 0 bridgehead atoms. The van der Waals surface area contributed by atoms with Crippen LogP contribution in [-0.4, -0.2) is 14.1 Å². The zero-order valence-electron chi connectivity index (χ0n) is 11.1. The lowest BCUT2D eigenvalue weighted by Crippen LogP contribution is -2.23. The predicted molar refractivity (Wildman–Crippen MR) is 81.9 cm³/mol. The Kier molecular flexibility index (Phi) is 5.18. The number of thiazole rings is 1. The van der Waals surface area contributed by atoms with Crippen molar-refractivity contribution in [3.05, 3.63) is 35.3 Å². The summed E-state index contributed by atoms with van der Waals surface area (Å²) >= 11 is 1.58. The molecule has 0 unspecified atom stereocenters. The second kappa shape index (κ2) is 6.43. The Labute approximate surface area is 119 Å². The Morgan fingerprint density at radius 1 is 1.21 bits per heavy atom. The molecule has 0 amide bonds. The summed E-state index contributed by atoms with van der Waals surface area (Å²) in [5.41, 5.74) is 3.21. The summed E-state index contributed by atoms with van der Waals surface area (Å²) in [6.45, 7) is 2.05. The van der Waals surface area contributed by atoms with Gasteiger partial charge in [0.25, 0.3) is 0 Å². The largest absolute Gasteiger partial charge is 0.408 e. The first-order chi connectivity index (χ1) is 8.58. The summed E-state index contributed by atoms with van der Waals surface area (Å²) < 4.78 is 1.96. The highest BCUT2D eigenvalue weighted by Crippen LogP contribution is 2.25. The topological polar surface area (TPSA) is 31.8 Å². The van der Waals surface area contributed by atoms with Crippen LogP contribution in [0.25, 0.3) is 0 Å². The van der Waals surface area contributed by atoms with E-state index in [0.29, 0.717) is 0 Å². The van der Waals surface area contributed by atoms with Crippen molar-refractivity contribution in [1.82, 2.24) is 0 Å². The van der Waals surface area contributed by atoms with Crippen LogP contribution in [-0.2, 0) is 7.05 Å². The third-order valence-corrected chi connectivity index (χ3v) is 3.54. The predicted octanol–water partition coefficient (Wildman–Crippen LogP) is 4.00. The first-order valence-electron chi connectivity index (χ1n) is 5.71. The quantitative estimate of drug-likeness (QED) is 0.616. The molecule has 0 aliphatic rings. The minimum atomic E-state index is 0. The van der Waals surface area contributed by atoms with Crippen molar-refractivity contribution in [3.63, 3.8) is 0 Å². The van der Waals surface area contributed by atoms with Gasteiger partial charge in [-0.15, -0.1) is 0 Å². The van der Waals surface area contributed by atoms with E-state index in [4.69, 9.17) is 0 Å². The van der Waals surface area contributed by atoms with Crippen LogP contribution in [0.3, 0.4) is 0 Å². The van der Waals surface area contributed by atoms with Gasteiger partial charge in [0.1, 0.15) is 11.9 Å². The van der Waals surface area contributed by atoms with Gasteiger partial charge < -0.3 is 4.90 Å². The number of hydrogen-bond acceptors (Lipinski definition) is 4. The third-order valence-electron chi connectivity index (χ3n) is 2.70. The average molecular weight is 277 g/mol. The van der Waals surface area contributed by atoms with Crippen molar-refractivity contribution in [2.45, 2.75) is 14.4 Å². The van der Waals surface area contributed by atoms with Gasteiger partial charge >= 0.3 is 5.13 Å². The Hall–Kier alpha value is -1.75. The number of nitrogens with zero attached hydrogens (tertiary/aromatic N) is 4. The van der Waals surface area contributed by atoms with Crippen LogP contribution in [0.4, 0.5) is 16.5 Å². The van der Waals surface area contributed by atoms with Crippen molar-refractivity contribution < 1.29 is 4.57 Å². The van der Waals surface area contributed by atoms with E-state index < -0.39 is 0 Å². The van der Waals surface area contributed by atoms with E-state index in [1.54, 1.807) is 11.3 Å². The highest BCUT2D eigenvalue weighted by Gasteiger charge is 2.08. The maximum atomic E-state index is 4.31. The fourth-order valence-electron chi connectivity index (χ4n) is 1.55. The number of hydrogen-bond donors (Lipinski definition) is 0. The molecule has 0 fully saturated rings. The van der Waals surface area contributed by atoms with Gasteiger partial charge in [0.2, 0.25) is 0 Å². The minimum absolute atomic E-state index is 0. The minimum Gasteiger partial charge on any atom is -0.378 e. The van der Waals surface area contributed by atoms with Gasteiger partial charge in [-0.3, -0.25) is 0 Å². The molecule has 102 valence electrons. The van der Waals surface area contributed by atoms with Gasteiger partial charge in [-0.2, -0.15) is 0 Å². The van der Waals surface area contributed by atoms with Crippen LogP contribution < -0.4 is 9.47 Å². The van der Waals surface area contributed by atoms with Gasteiger partial charge in [0.05, 0.1) is 12.2 Å². The fraction of sp³-hybridized carbons (Fsp3) is 0.357. The molecular weight excluding hydrogens is 256 g/mol. The summed E-state index contributed by atoms with van der Waals surface area (Å²) in [4.78, 5) is 2.08. The first kappa shape index (κ1) is 15.3. The summed E-state index contributed by atoms with van der Waals surface area (Å²) in [5, 5.41) is 11.5. The van der Waals surface area contributed by atoms with E-state index in [1.807, 2.05) is 43.4 Å². The molecule has 0 N–H and O–H groups in total. The van der Waals surface area contributed by atoms with Gasteiger partial charge in [-0.05, 0) is 47.1 Å². The molecular formula is C14H21N4S+. The van der Waals surface area contributed by atoms with Gasteiger partial charge in [-0.25, -0.2) is 4.57 Å². The molecule has 1 aromatic carbocycles. The van der Waals surface area contributed by atoms with Crippen molar-refractivity contribution >= 4 is 27.8 Å². The van der Waals surface area contributed by atoms with Gasteiger partial charge in [-0.1, -0.05) is 7.43 Å². The summed E-state index contributed by atoms with van der Waals surface area (Å²) in [6.07, 6.45) is 1.97. The maximum absolute atomic E-state index is 4.31. The maximum Gasteiger partial charge on any atom is 0.408 e. The smallest absolute Gasteiger partial charge is 0.378 e. The lowest BCUT2D eigenvalue weighted by atomic mass is 10.2. The van der Waals surface area contributed by atoms with E-state index in [0.717, 1.165) is 16.4 Å². The average Bonchev–Trinajstić information content (AvgIpc) is 2.73. The van der Waals surface area contributed by atoms with Crippen molar-refractivity contribution in [1.29, 1.82) is 0 Å². The van der Waals surface area contributed by atoms with Crippen LogP contribution >= 0.6 is 11.3 Å². The SMILES string of the molecule is C.Cc1cc(N(C)C)ccc1N=Nc1scc[n+]1C. The Bertz CT molecular complexity index is 573. The molecule has 0 aliphatic heterocycles. The molecule has 2 rings (SSSR count). The van der Waals surface area contributed by atoms with E-state index in [-0.39, 0.29) is 7.43 Å². The lowest BCUT2D eigenvalue weighted by Gasteiger charge is -2.12. The number of azo groups is 1. The van der Waals surface area contributed by atoms with E-state index in [9.17, 15) is 0 Å². The Balaban J connectivity index is 0.00000180. The normalized spacial score (nSPS) is 10.5. The molecule has 0 saturated carbocycles. The number of aromatic nitrogens is 1. The zero-order valence-corrected chi connectivity index (χ0v) is 11.9. The van der Waals surface area contributed by atoms with Crippen LogP contribution in [0.5, 0.6) is 0 Å². The monoisotopic (exact) mass is 277 g/mol. The Morgan fingerprint density at radius 2 is 1.95 bits per heavy atom. The molecule has 5 heteroatoms. The number of benzene rings is 1. The van der Waals surface area contributed by atoms with Crippen molar-refractivity contribution in [2.75, 3.05) is 19.0 Å². The van der Waals surface area contributed by atoms with Crippen molar-refractivity contribution in [2.24, 2.45) is 17.3 Å². The van der Waals surface area contributed by atoms with Crippen LogP contribution in [0, 0.1) is 6.92 Å². The van der Waals surface area contributed by atoms with Crippen molar-refractivity contribution in [3.8, 4) is 0 Å². The summed E-state index contributed by atoms with van der Waals surface area (Å²) in [5.74, 6) is 0. The molecule has 0 atom stereocenters. The van der Waals surface area contributed by atoms with Crippen LogP contribution in [0.1, 0.15) is 13.0 Å². The highest BCUT2D eigenvalue weighted by molar-refractivity contribution is 7.12. The molecule has 4 nitrogen and oxygen atoms in total.